The van der Waals surface area contributed by atoms with E-state index >= 15 is 0 Å². The maximum Gasteiger partial charge on any atom is 0.227 e. The van der Waals surface area contributed by atoms with E-state index in [0.717, 1.165) is 56.3 Å². The van der Waals surface area contributed by atoms with E-state index in [2.05, 4.69) is 20.2 Å². The molecule has 0 atom stereocenters. The molecule has 1 saturated carbocycles. The first-order valence-corrected chi connectivity index (χ1v) is 10.3. The molecule has 2 aromatic rings. The highest BCUT2D eigenvalue weighted by atomic mass is 16.5. The van der Waals surface area contributed by atoms with Gasteiger partial charge in [-0.25, -0.2) is 9.97 Å². The number of hydrogen-bond acceptors (Lipinski definition) is 7. The van der Waals surface area contributed by atoms with Crippen molar-refractivity contribution < 1.29 is 19.0 Å². The van der Waals surface area contributed by atoms with Gasteiger partial charge in [0.25, 0.3) is 0 Å². The summed E-state index contributed by atoms with van der Waals surface area (Å²) in [4.78, 5) is 23.3. The smallest absolute Gasteiger partial charge is 0.227 e. The Labute approximate surface area is 175 Å². The lowest BCUT2D eigenvalue weighted by molar-refractivity contribution is -0.127. The predicted octanol–water partition coefficient (Wildman–Crippen LogP) is 2.78. The van der Waals surface area contributed by atoms with Gasteiger partial charge in [-0.05, 0) is 43.5 Å². The molecule has 30 heavy (non-hydrogen) atoms. The number of benzene rings is 1. The lowest BCUT2D eigenvalue weighted by Crippen LogP contribution is -2.66. The second kappa shape index (κ2) is 7.52. The number of aromatic nitrogens is 2. The first-order chi connectivity index (χ1) is 14.5. The van der Waals surface area contributed by atoms with Gasteiger partial charge in [0, 0.05) is 31.8 Å². The van der Waals surface area contributed by atoms with E-state index in [1.54, 1.807) is 19.5 Å². The zero-order valence-corrected chi connectivity index (χ0v) is 17.3. The molecule has 1 aromatic heterocycles. The second-order valence-electron chi connectivity index (χ2n) is 8.67. The van der Waals surface area contributed by atoms with Gasteiger partial charge in [0.2, 0.25) is 11.9 Å². The van der Waals surface area contributed by atoms with Crippen molar-refractivity contribution >= 4 is 17.5 Å². The first kappa shape index (κ1) is 19.3. The minimum absolute atomic E-state index is 0.0277. The molecule has 3 heterocycles. The number of anilines is 2. The summed E-state index contributed by atoms with van der Waals surface area (Å²) in [5.74, 6) is 2.09. The van der Waals surface area contributed by atoms with Crippen molar-refractivity contribution in [3.05, 3.63) is 36.2 Å². The van der Waals surface area contributed by atoms with Crippen LogP contribution in [0.25, 0.3) is 0 Å². The first-order valence-electron chi connectivity index (χ1n) is 10.3. The Morgan fingerprint density at radius 1 is 1.23 bits per heavy atom. The van der Waals surface area contributed by atoms with Gasteiger partial charge in [-0.2, -0.15) is 0 Å². The molecule has 0 bridgehead atoms. The summed E-state index contributed by atoms with van der Waals surface area (Å²) < 4.78 is 16.5. The molecule has 1 aliphatic carbocycles. The van der Waals surface area contributed by atoms with Crippen molar-refractivity contribution in [1.82, 2.24) is 9.97 Å². The average molecular weight is 410 g/mol. The summed E-state index contributed by atoms with van der Waals surface area (Å²) in [5, 5.41) is 2.98. The average Bonchev–Trinajstić information content (AvgIpc) is 2.62. The van der Waals surface area contributed by atoms with Crippen LogP contribution in [0.5, 0.6) is 11.5 Å². The summed E-state index contributed by atoms with van der Waals surface area (Å²) >= 11 is 0. The maximum atomic E-state index is 12.3. The van der Waals surface area contributed by atoms with Crippen molar-refractivity contribution in [2.24, 2.45) is 11.3 Å². The van der Waals surface area contributed by atoms with Crippen LogP contribution in [-0.2, 0) is 14.3 Å². The van der Waals surface area contributed by atoms with Gasteiger partial charge in [0.05, 0.1) is 37.1 Å². The standard InChI is InChI=1S/C22H26N4O4/c1-14-5-16(25-20(27)15-6-17(7-15)28-2)3-4-19(14)30-18-8-23-21(24-9-18)26-10-22(11-26)12-29-13-22/h3-5,8-9,15,17H,6-7,10-13H2,1-2H3,(H,25,27). The highest BCUT2D eigenvalue weighted by molar-refractivity contribution is 5.93. The van der Waals surface area contributed by atoms with Crippen LogP contribution in [0.4, 0.5) is 11.6 Å². The SMILES string of the molecule is COC1CC(C(=O)Nc2ccc(Oc3cnc(N4CC5(COC5)C4)nc3)c(C)c2)C1. The summed E-state index contributed by atoms with van der Waals surface area (Å²) in [6.45, 7) is 5.53. The third-order valence-electron chi connectivity index (χ3n) is 6.24. The second-order valence-corrected chi connectivity index (χ2v) is 8.67. The number of carbonyl (C=O) groups is 1. The van der Waals surface area contributed by atoms with Crippen LogP contribution in [-0.4, -0.2) is 55.4 Å². The summed E-state index contributed by atoms with van der Waals surface area (Å²) in [6.07, 6.45) is 5.17. The highest BCUT2D eigenvalue weighted by Gasteiger charge is 2.49. The number of methoxy groups -OCH3 is 1. The molecule has 0 radical (unpaired) electrons. The molecule has 1 aromatic carbocycles. The van der Waals surface area contributed by atoms with Crippen molar-refractivity contribution in [2.45, 2.75) is 25.9 Å². The van der Waals surface area contributed by atoms with Crippen molar-refractivity contribution in [1.29, 1.82) is 0 Å². The Morgan fingerprint density at radius 3 is 2.57 bits per heavy atom. The molecule has 3 fully saturated rings. The monoisotopic (exact) mass is 410 g/mol. The minimum Gasteiger partial charge on any atom is -0.454 e. The number of ether oxygens (including phenoxy) is 3. The van der Waals surface area contributed by atoms with Crippen LogP contribution in [0.3, 0.4) is 0 Å². The van der Waals surface area contributed by atoms with Crippen LogP contribution >= 0.6 is 0 Å². The molecule has 8 nitrogen and oxygen atoms in total. The number of hydrogen-bond donors (Lipinski definition) is 1. The topological polar surface area (TPSA) is 85.8 Å². The van der Waals surface area contributed by atoms with Gasteiger partial charge in [-0.3, -0.25) is 4.79 Å². The fourth-order valence-electron chi connectivity index (χ4n) is 4.19. The van der Waals surface area contributed by atoms with Crippen LogP contribution in [0.2, 0.25) is 0 Å². The van der Waals surface area contributed by atoms with Crippen molar-refractivity contribution in [3.8, 4) is 11.5 Å². The largest absolute Gasteiger partial charge is 0.454 e. The molecule has 8 heteroatoms. The maximum absolute atomic E-state index is 12.3. The normalized spacial score (nSPS) is 23.9. The Kier molecular flexibility index (Phi) is 4.83. The molecule has 3 aliphatic rings. The summed E-state index contributed by atoms with van der Waals surface area (Å²) in [6, 6.07) is 5.62. The molecule has 1 spiro atoms. The van der Waals surface area contributed by atoms with E-state index in [4.69, 9.17) is 14.2 Å². The summed E-state index contributed by atoms with van der Waals surface area (Å²) in [7, 11) is 1.68. The van der Waals surface area contributed by atoms with Gasteiger partial charge in [0.15, 0.2) is 5.75 Å². The van der Waals surface area contributed by atoms with Gasteiger partial charge in [-0.1, -0.05) is 0 Å². The van der Waals surface area contributed by atoms with E-state index in [-0.39, 0.29) is 17.9 Å². The van der Waals surface area contributed by atoms with Gasteiger partial charge >= 0.3 is 0 Å². The van der Waals surface area contributed by atoms with E-state index in [0.29, 0.717) is 16.9 Å². The third kappa shape index (κ3) is 3.61. The molecule has 1 amide bonds. The predicted molar refractivity (Wildman–Crippen MR) is 111 cm³/mol. The minimum atomic E-state index is 0.0277. The van der Waals surface area contributed by atoms with Gasteiger partial charge in [0.1, 0.15) is 5.75 Å². The molecular formula is C22H26N4O4. The number of rotatable bonds is 6. The van der Waals surface area contributed by atoms with Crippen LogP contribution in [0, 0.1) is 18.3 Å². The van der Waals surface area contributed by atoms with Crippen molar-refractivity contribution in [3.63, 3.8) is 0 Å². The lowest BCUT2D eigenvalue weighted by atomic mass is 9.78. The Balaban J connectivity index is 1.17. The number of carbonyl (C=O) groups excluding carboxylic acids is 1. The Hall–Kier alpha value is -2.71. The van der Waals surface area contributed by atoms with E-state index < -0.39 is 0 Å². The van der Waals surface area contributed by atoms with Crippen LogP contribution < -0.4 is 15.0 Å². The van der Waals surface area contributed by atoms with E-state index in [1.807, 2.05) is 25.1 Å². The molecule has 2 saturated heterocycles. The lowest BCUT2D eigenvalue weighted by Gasteiger charge is -2.54. The molecular weight excluding hydrogens is 384 g/mol. The Bertz CT molecular complexity index is 931. The van der Waals surface area contributed by atoms with Gasteiger partial charge in [-0.15, -0.1) is 0 Å². The zero-order valence-electron chi connectivity index (χ0n) is 17.3. The number of nitrogens with zero attached hydrogens (tertiary/aromatic N) is 3. The van der Waals surface area contributed by atoms with Gasteiger partial charge < -0.3 is 24.4 Å². The number of amides is 1. The van der Waals surface area contributed by atoms with E-state index in [9.17, 15) is 4.79 Å². The van der Waals surface area contributed by atoms with Crippen LogP contribution in [0.15, 0.2) is 30.6 Å². The fourth-order valence-corrected chi connectivity index (χ4v) is 4.19. The Morgan fingerprint density at radius 2 is 1.97 bits per heavy atom. The van der Waals surface area contributed by atoms with Crippen molar-refractivity contribution in [2.75, 3.05) is 43.6 Å². The molecule has 1 N–H and O–H groups in total. The molecule has 0 unspecified atom stereocenters. The number of nitrogens with one attached hydrogen (secondary N) is 1. The fraction of sp³-hybridized carbons (Fsp3) is 0.500. The third-order valence-corrected chi connectivity index (χ3v) is 6.24. The van der Waals surface area contributed by atoms with Crippen LogP contribution in [0.1, 0.15) is 18.4 Å². The summed E-state index contributed by atoms with van der Waals surface area (Å²) in [5.41, 5.74) is 2.02. The zero-order chi connectivity index (χ0) is 20.7. The molecule has 5 rings (SSSR count). The quantitative estimate of drug-likeness (QED) is 0.784. The van der Waals surface area contributed by atoms with E-state index in [1.165, 1.54) is 0 Å². The molecule has 2 aliphatic heterocycles. The molecule has 158 valence electrons. The highest BCUT2D eigenvalue weighted by Crippen LogP contribution is 2.39. The number of aryl methyl sites for hydroxylation is 1.